The predicted molar refractivity (Wildman–Crippen MR) is 64.4 cm³/mol. The number of carbonyl (C=O) groups excluding carboxylic acids is 1. The summed E-state index contributed by atoms with van der Waals surface area (Å²) in [5.41, 5.74) is -0.458. The summed E-state index contributed by atoms with van der Waals surface area (Å²) in [6.07, 6.45) is 2.32. The monoisotopic (exact) mass is 231 g/mol. The maximum absolute atomic E-state index is 11.8. The highest BCUT2D eigenvalue weighted by Crippen LogP contribution is 2.10. The number of carbonyl (C=O) groups is 1. The van der Waals surface area contributed by atoms with Crippen molar-refractivity contribution in [1.29, 1.82) is 0 Å². The largest absolute Gasteiger partial charge is 0.444 e. The van der Waals surface area contributed by atoms with Gasteiger partial charge < -0.3 is 14.7 Å². The van der Waals surface area contributed by atoms with Gasteiger partial charge in [0.1, 0.15) is 5.60 Å². The van der Waals surface area contributed by atoms with E-state index in [0.29, 0.717) is 19.5 Å². The summed E-state index contributed by atoms with van der Waals surface area (Å²) in [5, 5.41) is 8.78. The van der Waals surface area contributed by atoms with Gasteiger partial charge in [0.2, 0.25) is 0 Å². The minimum Gasteiger partial charge on any atom is -0.444 e. The van der Waals surface area contributed by atoms with Crippen LogP contribution in [0.15, 0.2) is 0 Å². The smallest absolute Gasteiger partial charge is 0.410 e. The third-order valence-electron chi connectivity index (χ3n) is 2.02. The first kappa shape index (κ1) is 15.2. The fourth-order valence-corrected chi connectivity index (χ4v) is 1.23. The van der Waals surface area contributed by atoms with Crippen molar-refractivity contribution in [1.82, 2.24) is 4.90 Å². The molecule has 0 aromatic carbocycles. The second-order valence-corrected chi connectivity index (χ2v) is 4.90. The van der Waals surface area contributed by atoms with Gasteiger partial charge in [0.25, 0.3) is 0 Å². The molecule has 0 saturated heterocycles. The molecular weight excluding hydrogens is 206 g/mol. The van der Waals surface area contributed by atoms with E-state index in [-0.39, 0.29) is 12.7 Å². The first-order chi connectivity index (χ1) is 7.40. The lowest BCUT2D eigenvalue weighted by Crippen LogP contribution is -2.38. The standard InChI is InChI=1S/C12H25NO3/c1-5-6-8-13(9-7-10-14)11(15)16-12(2,3)4/h14H,5-10H2,1-4H3. The van der Waals surface area contributed by atoms with Crippen LogP contribution in [-0.2, 0) is 4.74 Å². The van der Waals surface area contributed by atoms with Crippen LogP contribution >= 0.6 is 0 Å². The Hall–Kier alpha value is -0.770. The Morgan fingerprint density at radius 1 is 1.25 bits per heavy atom. The molecule has 4 heteroatoms. The van der Waals surface area contributed by atoms with Crippen molar-refractivity contribution in [2.75, 3.05) is 19.7 Å². The zero-order chi connectivity index (χ0) is 12.6. The van der Waals surface area contributed by atoms with Crippen molar-refractivity contribution in [3.63, 3.8) is 0 Å². The van der Waals surface area contributed by atoms with Crippen molar-refractivity contribution in [3.8, 4) is 0 Å². The minimum absolute atomic E-state index is 0.103. The number of ether oxygens (including phenoxy) is 1. The van der Waals surface area contributed by atoms with Gasteiger partial charge >= 0.3 is 6.09 Å². The van der Waals surface area contributed by atoms with Crippen LogP contribution < -0.4 is 0 Å². The lowest BCUT2D eigenvalue weighted by atomic mass is 10.2. The van der Waals surface area contributed by atoms with E-state index in [2.05, 4.69) is 6.92 Å². The van der Waals surface area contributed by atoms with E-state index in [1.54, 1.807) is 4.90 Å². The zero-order valence-electron chi connectivity index (χ0n) is 11.0. The van der Waals surface area contributed by atoms with E-state index >= 15 is 0 Å². The molecule has 0 unspecified atom stereocenters. The molecule has 0 fully saturated rings. The number of rotatable bonds is 6. The molecule has 0 aromatic rings. The lowest BCUT2D eigenvalue weighted by Gasteiger charge is -2.27. The molecular formula is C12H25NO3. The van der Waals surface area contributed by atoms with E-state index in [1.807, 2.05) is 20.8 Å². The molecule has 0 atom stereocenters. The quantitative estimate of drug-likeness (QED) is 0.763. The van der Waals surface area contributed by atoms with Gasteiger partial charge in [-0.2, -0.15) is 0 Å². The Morgan fingerprint density at radius 2 is 1.81 bits per heavy atom. The van der Waals surface area contributed by atoms with E-state index < -0.39 is 5.60 Å². The summed E-state index contributed by atoms with van der Waals surface area (Å²) >= 11 is 0. The van der Waals surface area contributed by atoms with Crippen molar-refractivity contribution >= 4 is 6.09 Å². The molecule has 4 nitrogen and oxygen atoms in total. The molecule has 96 valence electrons. The summed E-state index contributed by atoms with van der Waals surface area (Å²) in [7, 11) is 0. The van der Waals surface area contributed by atoms with Crippen LogP contribution in [0.3, 0.4) is 0 Å². The van der Waals surface area contributed by atoms with E-state index in [9.17, 15) is 4.79 Å². The molecule has 0 aliphatic carbocycles. The number of unbranched alkanes of at least 4 members (excludes halogenated alkanes) is 1. The third-order valence-corrected chi connectivity index (χ3v) is 2.02. The molecule has 0 heterocycles. The molecule has 0 rings (SSSR count). The van der Waals surface area contributed by atoms with Gasteiger partial charge in [0.05, 0.1) is 0 Å². The third kappa shape index (κ3) is 7.51. The van der Waals surface area contributed by atoms with Gasteiger partial charge in [-0.25, -0.2) is 4.79 Å². The average molecular weight is 231 g/mol. The maximum atomic E-state index is 11.8. The average Bonchev–Trinajstić information content (AvgIpc) is 2.15. The summed E-state index contributed by atoms with van der Waals surface area (Å²) in [6, 6.07) is 0. The molecule has 0 spiro atoms. The second-order valence-electron chi connectivity index (χ2n) is 4.90. The Labute approximate surface area is 98.6 Å². The van der Waals surface area contributed by atoms with Crippen molar-refractivity contribution in [2.24, 2.45) is 0 Å². The molecule has 0 radical (unpaired) electrons. The Kier molecular flexibility index (Phi) is 7.13. The van der Waals surface area contributed by atoms with Gasteiger partial charge in [-0.3, -0.25) is 0 Å². The van der Waals surface area contributed by atoms with Crippen LogP contribution in [0.1, 0.15) is 47.0 Å². The van der Waals surface area contributed by atoms with Gasteiger partial charge in [-0.1, -0.05) is 13.3 Å². The molecule has 1 amide bonds. The Bertz CT molecular complexity index is 191. The topological polar surface area (TPSA) is 49.8 Å². The van der Waals surface area contributed by atoms with Crippen LogP contribution in [-0.4, -0.2) is 41.4 Å². The molecule has 0 bridgehead atoms. The molecule has 0 aliphatic heterocycles. The number of aliphatic hydroxyl groups is 1. The lowest BCUT2D eigenvalue weighted by molar-refractivity contribution is 0.0238. The van der Waals surface area contributed by atoms with E-state index in [0.717, 1.165) is 12.8 Å². The first-order valence-electron chi connectivity index (χ1n) is 5.99. The molecule has 16 heavy (non-hydrogen) atoms. The van der Waals surface area contributed by atoms with E-state index in [4.69, 9.17) is 9.84 Å². The fourth-order valence-electron chi connectivity index (χ4n) is 1.23. The highest BCUT2D eigenvalue weighted by Gasteiger charge is 2.21. The van der Waals surface area contributed by atoms with Crippen molar-refractivity contribution in [2.45, 2.75) is 52.6 Å². The van der Waals surface area contributed by atoms with Crippen molar-refractivity contribution < 1.29 is 14.6 Å². The van der Waals surface area contributed by atoms with Crippen LogP contribution in [0.25, 0.3) is 0 Å². The fraction of sp³-hybridized carbons (Fsp3) is 0.917. The molecule has 0 aliphatic rings. The molecule has 0 saturated carbocycles. The number of aliphatic hydroxyl groups excluding tert-OH is 1. The summed E-state index contributed by atoms with van der Waals surface area (Å²) in [6.45, 7) is 9.01. The molecule has 0 aromatic heterocycles. The first-order valence-corrected chi connectivity index (χ1v) is 5.99. The normalized spacial score (nSPS) is 11.3. The minimum atomic E-state index is -0.458. The summed E-state index contributed by atoms with van der Waals surface area (Å²) in [5.74, 6) is 0. The van der Waals surface area contributed by atoms with Crippen LogP contribution in [0, 0.1) is 0 Å². The number of hydrogen-bond acceptors (Lipinski definition) is 3. The number of hydrogen-bond donors (Lipinski definition) is 1. The van der Waals surface area contributed by atoms with E-state index in [1.165, 1.54) is 0 Å². The Balaban J connectivity index is 4.19. The van der Waals surface area contributed by atoms with Gasteiger partial charge in [0, 0.05) is 19.7 Å². The zero-order valence-corrected chi connectivity index (χ0v) is 11.0. The predicted octanol–water partition coefficient (Wildman–Crippen LogP) is 2.41. The number of nitrogens with zero attached hydrogens (tertiary/aromatic N) is 1. The highest BCUT2D eigenvalue weighted by molar-refractivity contribution is 5.68. The molecule has 1 N–H and O–H groups in total. The van der Waals surface area contributed by atoms with Crippen LogP contribution in [0.4, 0.5) is 4.79 Å². The summed E-state index contributed by atoms with van der Waals surface area (Å²) < 4.78 is 5.30. The number of amides is 1. The van der Waals surface area contributed by atoms with Gasteiger partial charge in [-0.15, -0.1) is 0 Å². The highest BCUT2D eigenvalue weighted by atomic mass is 16.6. The SMILES string of the molecule is CCCCN(CCCO)C(=O)OC(C)(C)C. The van der Waals surface area contributed by atoms with Crippen molar-refractivity contribution in [3.05, 3.63) is 0 Å². The van der Waals surface area contributed by atoms with Gasteiger partial charge in [-0.05, 0) is 33.6 Å². The van der Waals surface area contributed by atoms with Crippen LogP contribution in [0.2, 0.25) is 0 Å². The maximum Gasteiger partial charge on any atom is 0.410 e. The second kappa shape index (κ2) is 7.49. The van der Waals surface area contributed by atoms with Crippen LogP contribution in [0.5, 0.6) is 0 Å². The Morgan fingerprint density at radius 3 is 2.25 bits per heavy atom. The van der Waals surface area contributed by atoms with Gasteiger partial charge in [0.15, 0.2) is 0 Å². The summed E-state index contributed by atoms with van der Waals surface area (Å²) in [4.78, 5) is 13.5.